The van der Waals surface area contributed by atoms with Gasteiger partial charge in [0.05, 0.1) is 0 Å². The molecule has 0 aliphatic carbocycles. The average molecular weight is 251 g/mol. The Balaban J connectivity index is 0.000000386. The van der Waals surface area contributed by atoms with Gasteiger partial charge in [-0.05, 0) is 23.3 Å². The summed E-state index contributed by atoms with van der Waals surface area (Å²) in [6.07, 6.45) is 0. The summed E-state index contributed by atoms with van der Waals surface area (Å²) in [4.78, 5) is 2.94. The molecule has 0 aromatic heterocycles. The first-order valence-corrected chi connectivity index (χ1v) is 6.44. The number of phenolic OH excluding ortho intramolecular Hbond substituents is 1. The minimum absolute atomic E-state index is 0.307. The topological polar surface area (TPSA) is 20.2 Å². The Hall–Kier alpha value is -1.25. The zero-order valence-corrected chi connectivity index (χ0v) is 10.3. The molecule has 0 bridgehead atoms. The number of phenols is 1. The molecule has 0 radical (unpaired) electrons. The van der Waals surface area contributed by atoms with Crippen molar-refractivity contribution in [3.05, 3.63) is 54.6 Å². The number of halogens is 1. The van der Waals surface area contributed by atoms with Crippen LogP contribution in [-0.2, 0) is 19.2 Å². The molecule has 0 unspecified atom stereocenters. The summed E-state index contributed by atoms with van der Waals surface area (Å²) in [5, 5.41) is 9.27. The predicted molar refractivity (Wildman–Crippen MR) is 61.8 cm³/mol. The molecule has 2 aromatic rings. The van der Waals surface area contributed by atoms with E-state index in [9.17, 15) is 8.20 Å². The summed E-state index contributed by atoms with van der Waals surface area (Å²) in [6, 6.07) is 17.3. The number of hydrogen-bond acceptors (Lipinski definition) is 1. The molecule has 0 aliphatic heterocycles. The van der Waals surface area contributed by atoms with Crippen molar-refractivity contribution in [2.24, 2.45) is 0 Å². The molecule has 0 heterocycles. The van der Waals surface area contributed by atoms with Crippen LogP contribution in [0.2, 0.25) is 0 Å². The average Bonchev–Trinajstić information content (AvgIpc) is 2.31. The Bertz CT molecular complexity index is 443. The summed E-state index contributed by atoms with van der Waals surface area (Å²) in [5.74, 6) is 0.307. The van der Waals surface area contributed by atoms with Crippen molar-refractivity contribution < 1.29 is 27.4 Å². The van der Waals surface area contributed by atoms with E-state index in [0.717, 1.165) is 11.1 Å². The van der Waals surface area contributed by atoms with Crippen molar-refractivity contribution in [1.82, 2.24) is 0 Å². The van der Waals surface area contributed by atoms with Gasteiger partial charge in [0.15, 0.2) is 0 Å². The van der Waals surface area contributed by atoms with Crippen molar-refractivity contribution in [1.29, 1.82) is 0 Å². The quantitative estimate of drug-likeness (QED) is 0.769. The molecule has 0 spiro atoms. The Kier molecular flexibility index (Phi) is 5.69. The molecule has 0 amide bonds. The monoisotopic (exact) mass is 251 g/mol. The Labute approximate surface area is 104 Å². The van der Waals surface area contributed by atoms with Crippen LogP contribution in [0.25, 0.3) is 11.1 Å². The van der Waals surface area contributed by atoms with E-state index in [1.807, 2.05) is 42.5 Å². The van der Waals surface area contributed by atoms with Gasteiger partial charge in [0.1, 0.15) is 5.75 Å². The predicted octanol–water partition coefficient (Wildman–Crippen LogP) is 3.44. The van der Waals surface area contributed by atoms with Gasteiger partial charge in [-0.3, -0.25) is 0 Å². The summed E-state index contributed by atoms with van der Waals surface area (Å²) < 4.78 is 10.3. The number of benzene rings is 2. The van der Waals surface area contributed by atoms with Crippen molar-refractivity contribution >= 4 is 4.82 Å². The van der Waals surface area contributed by atoms with Crippen molar-refractivity contribution in [2.75, 3.05) is 0 Å². The van der Waals surface area contributed by atoms with Gasteiger partial charge in [-0.2, -0.15) is 0 Å². The summed E-state index contributed by atoms with van der Waals surface area (Å²) in [7, 11) is 0. The Morgan fingerprint density at radius 3 is 2.06 bits per heavy atom. The second-order valence-corrected chi connectivity index (χ2v) is 3.47. The van der Waals surface area contributed by atoms with E-state index in [-0.39, 0.29) is 0 Å². The SMILES string of the molecule is Oc1cccc(-c2ccccc2)c1.[CH2]=[Ti][F]. The van der Waals surface area contributed by atoms with Crippen LogP contribution in [-0.4, -0.2) is 9.92 Å². The van der Waals surface area contributed by atoms with Gasteiger partial charge >= 0.3 is 27.1 Å². The second-order valence-electron chi connectivity index (χ2n) is 3.05. The fraction of sp³-hybridized carbons (Fsp3) is 0. The summed E-state index contributed by atoms with van der Waals surface area (Å²) in [5.41, 5.74) is 2.17. The molecule has 16 heavy (non-hydrogen) atoms. The minimum atomic E-state index is -1.25. The van der Waals surface area contributed by atoms with E-state index >= 15 is 0 Å². The molecule has 0 fully saturated rings. The van der Waals surface area contributed by atoms with Crippen LogP contribution in [0.3, 0.4) is 0 Å². The fourth-order valence-corrected chi connectivity index (χ4v) is 1.32. The first-order chi connectivity index (χ1) is 7.77. The molecule has 0 saturated carbocycles. The standard InChI is InChI=1S/C12H10O.CH2.FH.Ti/c13-12-8-4-7-11(9-12)10-5-2-1-3-6-10;;;/h1-9,13H;1H2;1H;/q;;;+1/p-1. The molecule has 0 aliphatic rings. The normalized spacial score (nSPS) is 8.56. The zero-order chi connectivity index (χ0) is 11.8. The number of hydrogen-bond donors (Lipinski definition) is 1. The number of aromatic hydroxyl groups is 1. The first kappa shape index (κ1) is 12.8. The fourth-order valence-electron chi connectivity index (χ4n) is 1.32. The van der Waals surface area contributed by atoms with Gasteiger partial charge in [-0.1, -0.05) is 42.5 Å². The van der Waals surface area contributed by atoms with Crippen LogP contribution in [0.1, 0.15) is 0 Å². The summed E-state index contributed by atoms with van der Waals surface area (Å²) in [6.45, 7) is 0. The summed E-state index contributed by atoms with van der Waals surface area (Å²) >= 11 is -1.25. The van der Waals surface area contributed by atoms with Crippen molar-refractivity contribution in [3.8, 4) is 16.9 Å². The van der Waals surface area contributed by atoms with Gasteiger partial charge in [-0.15, -0.1) is 0 Å². The van der Waals surface area contributed by atoms with Gasteiger partial charge in [0.2, 0.25) is 0 Å². The molecule has 2 rings (SSSR count). The van der Waals surface area contributed by atoms with E-state index in [4.69, 9.17) is 0 Å². The third-order valence-electron chi connectivity index (χ3n) is 1.95. The Morgan fingerprint density at radius 2 is 1.50 bits per heavy atom. The Morgan fingerprint density at radius 1 is 0.938 bits per heavy atom. The first-order valence-electron chi connectivity index (χ1n) is 4.75. The van der Waals surface area contributed by atoms with Crippen LogP contribution in [0, 0.1) is 0 Å². The van der Waals surface area contributed by atoms with Crippen LogP contribution >= 0.6 is 0 Å². The van der Waals surface area contributed by atoms with E-state index in [0.29, 0.717) is 5.75 Å². The molecule has 1 N–H and O–H groups in total. The van der Waals surface area contributed by atoms with Crippen molar-refractivity contribution in [2.45, 2.75) is 0 Å². The molecule has 1 nitrogen and oxygen atoms in total. The van der Waals surface area contributed by atoms with Gasteiger partial charge in [-0.25, -0.2) is 0 Å². The van der Waals surface area contributed by atoms with E-state index in [1.54, 1.807) is 12.1 Å². The molecule has 3 heteroatoms. The molecule has 0 saturated heterocycles. The maximum atomic E-state index is 10.3. The third kappa shape index (κ3) is 4.09. The molecule has 2 aromatic carbocycles. The van der Waals surface area contributed by atoms with E-state index < -0.39 is 19.2 Å². The van der Waals surface area contributed by atoms with Crippen LogP contribution in [0.15, 0.2) is 54.6 Å². The van der Waals surface area contributed by atoms with E-state index in [2.05, 4.69) is 4.82 Å². The van der Waals surface area contributed by atoms with Crippen LogP contribution in [0.4, 0.5) is 3.09 Å². The number of rotatable bonds is 1. The van der Waals surface area contributed by atoms with Crippen molar-refractivity contribution in [3.63, 3.8) is 0 Å². The molecular formula is C13H12FOTi. The maximum absolute atomic E-state index is 10.3. The van der Waals surface area contributed by atoms with E-state index in [1.165, 1.54) is 0 Å². The van der Waals surface area contributed by atoms with Gasteiger partial charge in [0.25, 0.3) is 0 Å². The molecular weight excluding hydrogens is 239 g/mol. The van der Waals surface area contributed by atoms with Crippen LogP contribution in [0.5, 0.6) is 5.75 Å². The second kappa shape index (κ2) is 7.10. The van der Waals surface area contributed by atoms with Gasteiger partial charge < -0.3 is 5.11 Å². The zero-order valence-electron chi connectivity index (χ0n) is 8.73. The third-order valence-corrected chi connectivity index (χ3v) is 1.95. The molecule has 0 atom stereocenters. The van der Waals surface area contributed by atoms with Crippen LogP contribution < -0.4 is 0 Å². The van der Waals surface area contributed by atoms with Gasteiger partial charge in [0, 0.05) is 0 Å². The molecule has 81 valence electrons.